The van der Waals surface area contributed by atoms with Gasteiger partial charge in [-0.15, -0.1) is 0 Å². The van der Waals surface area contributed by atoms with Crippen LogP contribution in [0.4, 0.5) is 0 Å². The molecule has 3 aromatic heterocycles. The van der Waals surface area contributed by atoms with Crippen LogP contribution in [-0.2, 0) is 0 Å². The largest absolute Gasteiger partial charge is 0.422 e. The number of nitrogens with zero attached hydrogens (tertiary/aromatic N) is 3. The zero-order chi connectivity index (χ0) is 12.8. The number of para-hydroxylation sites is 1. The number of imidazole rings is 1. The third kappa shape index (κ3) is 1.57. The van der Waals surface area contributed by atoms with E-state index in [4.69, 9.17) is 4.42 Å². The lowest BCUT2D eigenvalue weighted by molar-refractivity contribution is 0.563. The molecule has 0 saturated carbocycles. The number of hydrogen-bond acceptors (Lipinski definition) is 5. The second-order valence-electron chi connectivity index (χ2n) is 4.08. The highest BCUT2D eigenvalue weighted by Gasteiger charge is 2.12. The molecule has 92 valence electrons. The lowest BCUT2D eigenvalue weighted by Crippen LogP contribution is -2.02. The molecule has 0 bridgehead atoms. The topological polar surface area (TPSA) is 60.4 Å². The van der Waals surface area contributed by atoms with Crippen molar-refractivity contribution in [3.63, 3.8) is 0 Å². The Morgan fingerprint density at radius 2 is 2.16 bits per heavy atom. The van der Waals surface area contributed by atoms with E-state index >= 15 is 0 Å². The second-order valence-corrected chi connectivity index (χ2v) is 4.89. The first-order chi connectivity index (χ1) is 9.31. The number of benzene rings is 1. The zero-order valence-corrected chi connectivity index (χ0v) is 10.4. The molecule has 6 heteroatoms. The van der Waals surface area contributed by atoms with Crippen molar-refractivity contribution in [1.82, 2.24) is 14.6 Å². The molecule has 0 aliphatic carbocycles. The van der Waals surface area contributed by atoms with Crippen LogP contribution in [-0.4, -0.2) is 14.6 Å². The van der Waals surface area contributed by atoms with E-state index < -0.39 is 0 Å². The van der Waals surface area contributed by atoms with Gasteiger partial charge in [-0.2, -0.15) is 5.10 Å². The van der Waals surface area contributed by atoms with Crippen LogP contribution in [0.1, 0.15) is 0 Å². The summed E-state index contributed by atoms with van der Waals surface area (Å²) in [7, 11) is 0. The quantitative estimate of drug-likeness (QED) is 0.498. The Bertz CT molecular complexity index is 922. The van der Waals surface area contributed by atoms with Crippen molar-refractivity contribution in [1.29, 1.82) is 0 Å². The molecule has 0 aliphatic heterocycles. The third-order valence-electron chi connectivity index (χ3n) is 2.90. The van der Waals surface area contributed by atoms with Crippen LogP contribution in [0.15, 0.2) is 51.3 Å². The average Bonchev–Trinajstić information content (AvgIpc) is 2.98. The predicted molar refractivity (Wildman–Crippen MR) is 72.3 cm³/mol. The minimum absolute atomic E-state index is 0.385. The predicted octanol–water partition coefficient (Wildman–Crippen LogP) is 2.56. The van der Waals surface area contributed by atoms with Gasteiger partial charge in [0, 0.05) is 5.39 Å². The van der Waals surface area contributed by atoms with Crippen LogP contribution in [0.2, 0.25) is 0 Å². The van der Waals surface area contributed by atoms with Gasteiger partial charge in [0.25, 0.3) is 0 Å². The van der Waals surface area contributed by atoms with Crippen LogP contribution < -0.4 is 5.63 Å². The molecule has 0 fully saturated rings. The van der Waals surface area contributed by atoms with E-state index in [9.17, 15) is 4.79 Å². The maximum absolute atomic E-state index is 12.0. The highest BCUT2D eigenvalue weighted by atomic mass is 32.1. The summed E-state index contributed by atoms with van der Waals surface area (Å²) in [5, 5.41) is 4.97. The first-order valence-corrected chi connectivity index (χ1v) is 6.51. The van der Waals surface area contributed by atoms with E-state index in [2.05, 4.69) is 10.1 Å². The summed E-state index contributed by atoms with van der Waals surface area (Å²) in [5.41, 5.74) is 2.93. The molecule has 0 N–H and O–H groups in total. The molecule has 3 heterocycles. The highest BCUT2D eigenvalue weighted by molar-refractivity contribution is 7.14. The van der Waals surface area contributed by atoms with Crippen LogP contribution in [0.25, 0.3) is 27.2 Å². The van der Waals surface area contributed by atoms with E-state index in [1.807, 2.05) is 18.2 Å². The van der Waals surface area contributed by atoms with Crippen LogP contribution in [0.5, 0.6) is 0 Å². The molecule has 0 unspecified atom stereocenters. The van der Waals surface area contributed by atoms with Crippen molar-refractivity contribution in [2.45, 2.75) is 0 Å². The molecular weight excluding hydrogens is 262 g/mol. The summed E-state index contributed by atoms with van der Waals surface area (Å²) in [6.07, 6.45) is 1.73. The Balaban J connectivity index is 2.01. The van der Waals surface area contributed by atoms with E-state index in [1.165, 1.54) is 11.3 Å². The summed E-state index contributed by atoms with van der Waals surface area (Å²) in [4.78, 5) is 17.1. The number of hydrogen-bond donors (Lipinski definition) is 0. The molecular formula is C13H7N3O2S. The summed E-state index contributed by atoms with van der Waals surface area (Å²) in [6, 6.07) is 9.21. The smallest absolute Gasteiger partial charge is 0.345 e. The Labute approximate surface area is 110 Å². The molecule has 1 aromatic carbocycles. The monoisotopic (exact) mass is 269 g/mol. The third-order valence-corrected chi connectivity index (χ3v) is 3.59. The summed E-state index contributed by atoms with van der Waals surface area (Å²) < 4.78 is 6.95. The molecule has 0 atom stereocenters. The number of aromatic nitrogens is 3. The van der Waals surface area contributed by atoms with Gasteiger partial charge in [-0.1, -0.05) is 29.5 Å². The van der Waals surface area contributed by atoms with Gasteiger partial charge in [0.1, 0.15) is 11.1 Å². The lowest BCUT2D eigenvalue weighted by atomic mass is 10.1. The van der Waals surface area contributed by atoms with Gasteiger partial charge in [-0.05, 0) is 12.1 Å². The number of fused-ring (bicyclic) bond motifs is 2. The van der Waals surface area contributed by atoms with Crippen LogP contribution in [0, 0.1) is 0 Å². The molecule has 0 saturated heterocycles. The maximum Gasteiger partial charge on any atom is 0.345 e. The number of rotatable bonds is 1. The molecule has 0 aliphatic rings. The Hall–Kier alpha value is -2.47. The molecule has 0 radical (unpaired) electrons. The fourth-order valence-corrected chi connectivity index (χ4v) is 2.61. The van der Waals surface area contributed by atoms with Gasteiger partial charge in [-0.3, -0.25) is 0 Å². The van der Waals surface area contributed by atoms with E-state index in [0.29, 0.717) is 16.8 Å². The first kappa shape index (κ1) is 10.5. The van der Waals surface area contributed by atoms with Gasteiger partial charge in [0.2, 0.25) is 4.96 Å². The Kier molecular flexibility index (Phi) is 2.07. The van der Waals surface area contributed by atoms with Gasteiger partial charge in [0.05, 0.1) is 17.5 Å². The van der Waals surface area contributed by atoms with Crippen molar-refractivity contribution in [3.8, 4) is 11.3 Å². The first-order valence-electron chi connectivity index (χ1n) is 5.63. The molecule has 4 aromatic rings. The Morgan fingerprint density at radius 3 is 3.05 bits per heavy atom. The van der Waals surface area contributed by atoms with Crippen molar-refractivity contribution < 1.29 is 4.42 Å². The average molecular weight is 269 g/mol. The van der Waals surface area contributed by atoms with Crippen LogP contribution >= 0.6 is 11.3 Å². The van der Waals surface area contributed by atoms with Crippen molar-refractivity contribution in [3.05, 3.63) is 52.5 Å². The Morgan fingerprint density at radius 1 is 1.26 bits per heavy atom. The summed E-state index contributed by atoms with van der Waals surface area (Å²) >= 11 is 1.42. The SMILES string of the molecule is O=c1oc2ccccc2cc1-c1cn2ncsc2n1. The fourth-order valence-electron chi connectivity index (χ4n) is 2.01. The molecule has 5 nitrogen and oxygen atoms in total. The van der Waals surface area contributed by atoms with Gasteiger partial charge in [-0.25, -0.2) is 14.3 Å². The summed E-state index contributed by atoms with van der Waals surface area (Å²) in [5.74, 6) is 0. The minimum atomic E-state index is -0.385. The lowest BCUT2D eigenvalue weighted by Gasteiger charge is -1.98. The normalized spacial score (nSPS) is 11.4. The molecule has 0 amide bonds. The summed E-state index contributed by atoms with van der Waals surface area (Å²) in [6.45, 7) is 0. The van der Waals surface area contributed by atoms with Crippen molar-refractivity contribution in [2.75, 3.05) is 0 Å². The molecule has 0 spiro atoms. The van der Waals surface area contributed by atoms with Crippen LogP contribution in [0.3, 0.4) is 0 Å². The molecule has 4 rings (SSSR count). The van der Waals surface area contributed by atoms with Gasteiger partial charge >= 0.3 is 5.63 Å². The maximum atomic E-state index is 12.0. The van der Waals surface area contributed by atoms with Crippen molar-refractivity contribution >= 4 is 27.3 Å². The standard InChI is InChI=1S/C13H7N3O2S/c17-12-9(5-8-3-1-2-4-11(8)18-12)10-6-16-13(15-10)19-7-14-16/h1-7H. The van der Waals surface area contributed by atoms with E-state index in [1.54, 1.807) is 28.4 Å². The van der Waals surface area contributed by atoms with Gasteiger partial charge in [0.15, 0.2) is 0 Å². The highest BCUT2D eigenvalue weighted by Crippen LogP contribution is 2.21. The van der Waals surface area contributed by atoms with E-state index in [0.717, 1.165) is 10.3 Å². The second kappa shape index (κ2) is 3.76. The fraction of sp³-hybridized carbons (Fsp3) is 0. The van der Waals surface area contributed by atoms with E-state index in [-0.39, 0.29) is 5.63 Å². The van der Waals surface area contributed by atoms with Crippen molar-refractivity contribution in [2.24, 2.45) is 0 Å². The van der Waals surface area contributed by atoms with Gasteiger partial charge < -0.3 is 4.42 Å². The molecule has 19 heavy (non-hydrogen) atoms. The zero-order valence-electron chi connectivity index (χ0n) is 9.61. The minimum Gasteiger partial charge on any atom is -0.422 e.